The number of halogens is 4. The zero-order valence-corrected chi connectivity index (χ0v) is 26.5. The van der Waals surface area contributed by atoms with E-state index >= 15 is 0 Å². The smallest absolute Gasteiger partial charge is 0.337 e. The Morgan fingerprint density at radius 2 is 1.81 bits per heavy atom. The summed E-state index contributed by atoms with van der Waals surface area (Å²) in [5.74, 6) is -1.35. The lowest BCUT2D eigenvalue weighted by atomic mass is 10.0. The number of fused-ring (bicyclic) bond motifs is 3. The number of alkyl halides is 4. The number of aryl methyl sites for hydroxylation is 2. The van der Waals surface area contributed by atoms with Crippen LogP contribution in [0.15, 0.2) is 48.9 Å². The first-order valence-corrected chi connectivity index (χ1v) is 15.4. The van der Waals surface area contributed by atoms with Crippen molar-refractivity contribution < 1.29 is 31.9 Å². The second kappa shape index (κ2) is 11.0. The number of carbonyl (C=O) groups excluding carboxylic acids is 3. The maximum Gasteiger partial charge on any atom is 0.433 e. The monoisotopic (exact) mass is 661 g/mol. The Kier molecular flexibility index (Phi) is 7.18. The van der Waals surface area contributed by atoms with Crippen molar-refractivity contribution in [2.24, 2.45) is 5.41 Å². The van der Waals surface area contributed by atoms with Crippen LogP contribution in [0.4, 0.5) is 23.4 Å². The topological polar surface area (TPSA) is 114 Å². The van der Waals surface area contributed by atoms with E-state index in [2.05, 4.69) is 20.4 Å². The highest BCUT2D eigenvalue weighted by atomic mass is 19.4. The minimum absolute atomic E-state index is 0.159. The molecule has 2 fully saturated rings. The van der Waals surface area contributed by atoms with Crippen LogP contribution in [-0.2, 0) is 29.0 Å². The molecule has 1 saturated heterocycles. The molecule has 1 aliphatic heterocycles. The fraction of sp³-hybridized carbons (Fsp3) is 0.353. The molecule has 4 aromatic heterocycles. The fourth-order valence-electron chi connectivity index (χ4n) is 6.97. The summed E-state index contributed by atoms with van der Waals surface area (Å²) >= 11 is 0. The molecule has 0 unspecified atom stereocenters. The standard InChI is InChI=1S/C34H31F4N7O3/c1-17-5-6-26(34(36,37)38)40-31(17)41-32(48)25-10-33(4)11-27(33)45(25)29(47)16-43-15-24(19(3)46)23-8-20(7-18(2)30(23)43)21-13-39-28-9-22(12-35)42-44(28)14-21/h5-9,13-15,25,27H,10-12,16H2,1-4H3,(H,40,41,48)/t25-,27+,33-/m0/s1. The first kappa shape index (κ1) is 31.5. The normalized spacial score (nSPS) is 20.4. The Morgan fingerprint density at radius 3 is 2.52 bits per heavy atom. The Morgan fingerprint density at radius 1 is 1.04 bits per heavy atom. The van der Waals surface area contributed by atoms with Gasteiger partial charge in [0.1, 0.15) is 30.8 Å². The van der Waals surface area contributed by atoms with Crippen LogP contribution in [0.25, 0.3) is 27.7 Å². The molecule has 14 heteroatoms. The average Bonchev–Trinajstić information content (AvgIpc) is 3.32. The van der Waals surface area contributed by atoms with Gasteiger partial charge in [-0.3, -0.25) is 14.4 Å². The molecule has 10 nitrogen and oxygen atoms in total. The van der Waals surface area contributed by atoms with Gasteiger partial charge in [0, 0.05) is 47.2 Å². The van der Waals surface area contributed by atoms with Gasteiger partial charge in [0.05, 0.1) is 11.2 Å². The number of aromatic nitrogens is 5. The Bertz CT molecular complexity index is 2170. The summed E-state index contributed by atoms with van der Waals surface area (Å²) in [7, 11) is 0. The van der Waals surface area contributed by atoms with Gasteiger partial charge in [-0.15, -0.1) is 0 Å². The van der Waals surface area contributed by atoms with Gasteiger partial charge in [-0.1, -0.05) is 13.0 Å². The largest absolute Gasteiger partial charge is 0.433 e. The quantitative estimate of drug-likeness (QED) is 0.167. The summed E-state index contributed by atoms with van der Waals surface area (Å²) in [6.45, 7) is 5.97. The van der Waals surface area contributed by atoms with Crippen molar-refractivity contribution >= 4 is 40.0 Å². The summed E-state index contributed by atoms with van der Waals surface area (Å²) in [5, 5.41) is 7.37. The van der Waals surface area contributed by atoms with Crippen molar-refractivity contribution in [3.8, 4) is 11.1 Å². The minimum atomic E-state index is -4.68. The van der Waals surface area contributed by atoms with Gasteiger partial charge in [-0.2, -0.15) is 18.3 Å². The van der Waals surface area contributed by atoms with E-state index in [-0.39, 0.29) is 41.2 Å². The van der Waals surface area contributed by atoms with Crippen molar-refractivity contribution in [2.75, 3.05) is 5.32 Å². The van der Waals surface area contributed by atoms with Crippen LogP contribution >= 0.6 is 0 Å². The maximum atomic E-state index is 14.0. The third-order valence-electron chi connectivity index (χ3n) is 9.54. The highest BCUT2D eigenvalue weighted by molar-refractivity contribution is 6.09. The summed E-state index contributed by atoms with van der Waals surface area (Å²) in [5.41, 5.74) is 3.04. The third-order valence-corrected chi connectivity index (χ3v) is 9.54. The van der Waals surface area contributed by atoms with E-state index in [0.29, 0.717) is 46.1 Å². The number of nitrogens with one attached hydrogen (secondary N) is 1. The van der Waals surface area contributed by atoms with E-state index in [1.54, 1.807) is 36.1 Å². The van der Waals surface area contributed by atoms with Crippen LogP contribution in [-0.4, -0.2) is 58.7 Å². The molecule has 0 spiro atoms. The van der Waals surface area contributed by atoms with Gasteiger partial charge in [-0.25, -0.2) is 18.9 Å². The number of likely N-dealkylation sites (tertiary alicyclic amines) is 1. The third kappa shape index (κ3) is 5.28. The van der Waals surface area contributed by atoms with Crippen LogP contribution in [0.5, 0.6) is 0 Å². The summed E-state index contributed by atoms with van der Waals surface area (Å²) < 4.78 is 56.3. The maximum absolute atomic E-state index is 14.0. The predicted molar refractivity (Wildman–Crippen MR) is 168 cm³/mol. The number of pyridine rings is 1. The molecular weight excluding hydrogens is 630 g/mol. The van der Waals surface area contributed by atoms with E-state index in [1.165, 1.54) is 22.4 Å². The molecule has 1 N–H and O–H groups in total. The molecule has 5 aromatic rings. The van der Waals surface area contributed by atoms with Crippen LogP contribution in [0, 0.1) is 19.3 Å². The van der Waals surface area contributed by atoms with E-state index < -0.39 is 30.5 Å². The molecule has 0 radical (unpaired) electrons. The van der Waals surface area contributed by atoms with Gasteiger partial charge in [0.25, 0.3) is 0 Å². The SMILES string of the molecule is CC(=O)c1cn(CC(=O)N2[C@H](C(=O)Nc3nc(C(F)(F)F)ccc3C)C[C@@]3(C)C[C@@H]23)c2c(C)cc(-c3cnc4cc(CF)nn4c3)cc12. The van der Waals surface area contributed by atoms with Crippen LogP contribution in [0.2, 0.25) is 0 Å². The van der Waals surface area contributed by atoms with Crippen LogP contribution in [0.1, 0.15) is 59.6 Å². The Hall–Kier alpha value is -5.14. The Balaban J connectivity index is 1.19. The zero-order chi connectivity index (χ0) is 34.3. The first-order valence-electron chi connectivity index (χ1n) is 15.4. The van der Waals surface area contributed by atoms with Gasteiger partial charge in [-0.05, 0) is 73.9 Å². The molecule has 7 rings (SSSR count). The second-order valence-corrected chi connectivity index (χ2v) is 13.1. The molecule has 248 valence electrons. The lowest BCUT2D eigenvalue weighted by molar-refractivity contribution is -0.141. The van der Waals surface area contributed by atoms with E-state index in [0.717, 1.165) is 17.2 Å². The summed E-state index contributed by atoms with van der Waals surface area (Å²) in [6, 6.07) is 6.31. The minimum Gasteiger partial charge on any atom is -0.337 e. The second-order valence-electron chi connectivity index (χ2n) is 13.1. The van der Waals surface area contributed by atoms with Crippen molar-refractivity contribution in [3.05, 3.63) is 77.0 Å². The predicted octanol–water partition coefficient (Wildman–Crippen LogP) is 6.07. The van der Waals surface area contributed by atoms with Gasteiger partial charge in [0.15, 0.2) is 11.4 Å². The Labute approximate surface area is 271 Å². The van der Waals surface area contributed by atoms with E-state index in [9.17, 15) is 31.9 Å². The number of amides is 2. The average molecular weight is 662 g/mol. The number of anilines is 1. The number of hydrogen-bond donors (Lipinski definition) is 1. The highest BCUT2D eigenvalue weighted by Gasteiger charge is 2.64. The fourth-order valence-corrected chi connectivity index (χ4v) is 6.97. The molecule has 5 heterocycles. The number of hydrogen-bond acceptors (Lipinski definition) is 6. The number of Topliss-reactive ketones (excluding diaryl/α,β-unsaturated/α-hetero) is 1. The zero-order valence-electron chi connectivity index (χ0n) is 26.5. The van der Waals surface area contributed by atoms with Crippen molar-refractivity contribution in [1.29, 1.82) is 0 Å². The molecular formula is C34H31F4N7O3. The molecule has 1 aliphatic carbocycles. The molecule has 2 aliphatic rings. The molecule has 2 amide bonds. The summed E-state index contributed by atoms with van der Waals surface area (Å²) in [4.78, 5) is 49.9. The van der Waals surface area contributed by atoms with E-state index in [4.69, 9.17) is 0 Å². The van der Waals surface area contributed by atoms with Gasteiger partial charge < -0.3 is 14.8 Å². The number of rotatable bonds is 7. The lowest BCUT2D eigenvalue weighted by Crippen LogP contribution is -2.46. The van der Waals surface area contributed by atoms with Gasteiger partial charge >= 0.3 is 6.18 Å². The van der Waals surface area contributed by atoms with Crippen LogP contribution < -0.4 is 5.32 Å². The molecule has 3 atom stereocenters. The number of carbonyl (C=O) groups is 3. The molecule has 1 saturated carbocycles. The molecule has 0 bridgehead atoms. The number of ketones is 1. The van der Waals surface area contributed by atoms with Gasteiger partial charge in [0.2, 0.25) is 11.8 Å². The van der Waals surface area contributed by atoms with E-state index in [1.807, 2.05) is 26.0 Å². The highest BCUT2D eigenvalue weighted by Crippen LogP contribution is 2.59. The first-order chi connectivity index (χ1) is 22.7. The lowest BCUT2D eigenvalue weighted by Gasteiger charge is -2.27. The molecule has 1 aromatic carbocycles. The van der Waals surface area contributed by atoms with Crippen LogP contribution in [0.3, 0.4) is 0 Å². The van der Waals surface area contributed by atoms with Crippen molar-refractivity contribution in [1.82, 2.24) is 29.0 Å². The number of benzene rings is 1. The number of piperidine rings is 1. The summed E-state index contributed by atoms with van der Waals surface area (Å²) in [6.07, 6.45) is 1.41. The number of nitrogens with zero attached hydrogens (tertiary/aromatic N) is 6. The van der Waals surface area contributed by atoms with Crippen molar-refractivity contribution in [3.63, 3.8) is 0 Å². The molecule has 48 heavy (non-hydrogen) atoms. The van der Waals surface area contributed by atoms with Crippen molar-refractivity contribution in [2.45, 2.75) is 72.0 Å².